The molecule has 0 saturated carbocycles. The van der Waals surface area contributed by atoms with E-state index in [0.29, 0.717) is 49.8 Å². The Morgan fingerprint density at radius 2 is 1.73 bits per heavy atom. The number of esters is 2. The molecule has 2 aromatic carbocycles. The molecule has 40 heavy (non-hydrogen) atoms. The highest BCUT2D eigenvalue weighted by atomic mass is 35.5. The standard InChI is InChI=1S/C28H30ClFN2O8/c1-31(13-2-12-27(36-15-16-37-27)19-3-7-21(30)8-4-19)18-24(33)32-14-11-23(38-22-9-5-20(29)6-10-22)17-28(32)39-25(34)26(35)40-28/h3-10,23H,2,11-18H2,1H3. The first-order chi connectivity index (χ1) is 19.2. The van der Waals surface area contributed by atoms with E-state index in [1.54, 1.807) is 43.4 Å². The number of nitrogens with zero attached hydrogens (tertiary/aromatic N) is 2. The minimum absolute atomic E-state index is 0.00911. The van der Waals surface area contributed by atoms with Crippen LogP contribution in [0.5, 0.6) is 5.75 Å². The maximum Gasteiger partial charge on any atom is 0.422 e. The molecule has 1 atom stereocenters. The van der Waals surface area contributed by atoms with Gasteiger partial charge in [-0.25, -0.2) is 14.0 Å². The third kappa shape index (κ3) is 6.07. The van der Waals surface area contributed by atoms with Gasteiger partial charge in [0.1, 0.15) is 17.7 Å². The predicted octanol–water partition coefficient (Wildman–Crippen LogP) is 3.21. The highest BCUT2D eigenvalue weighted by Crippen LogP contribution is 2.38. The molecule has 3 aliphatic rings. The summed E-state index contributed by atoms with van der Waals surface area (Å²) in [7, 11) is 1.79. The molecule has 0 aliphatic carbocycles. The average Bonchev–Trinajstić information content (AvgIpc) is 3.50. The molecule has 3 aliphatic heterocycles. The van der Waals surface area contributed by atoms with Gasteiger partial charge in [0, 0.05) is 30.0 Å². The first kappa shape index (κ1) is 28.3. The van der Waals surface area contributed by atoms with Crippen molar-refractivity contribution in [3.8, 4) is 5.75 Å². The highest BCUT2D eigenvalue weighted by Gasteiger charge is 2.58. The summed E-state index contributed by atoms with van der Waals surface area (Å²) in [5, 5.41) is 0.556. The van der Waals surface area contributed by atoms with Crippen LogP contribution in [-0.2, 0) is 39.1 Å². The van der Waals surface area contributed by atoms with Crippen LogP contribution in [0.3, 0.4) is 0 Å². The van der Waals surface area contributed by atoms with Crippen LogP contribution >= 0.6 is 11.6 Å². The van der Waals surface area contributed by atoms with Gasteiger partial charge >= 0.3 is 17.8 Å². The maximum absolute atomic E-state index is 13.4. The highest BCUT2D eigenvalue weighted by molar-refractivity contribution is 6.31. The van der Waals surface area contributed by atoms with Gasteiger partial charge in [0.05, 0.1) is 26.2 Å². The summed E-state index contributed by atoms with van der Waals surface area (Å²) in [6, 6.07) is 12.8. The smallest absolute Gasteiger partial charge is 0.422 e. The second-order valence-corrected chi connectivity index (χ2v) is 10.5. The molecule has 3 heterocycles. The molecule has 1 spiro atoms. The number of ether oxygens (including phenoxy) is 5. The molecule has 12 heteroatoms. The van der Waals surface area contributed by atoms with Crippen molar-refractivity contribution in [1.29, 1.82) is 0 Å². The van der Waals surface area contributed by atoms with Gasteiger partial charge in [-0.1, -0.05) is 23.7 Å². The number of piperidine rings is 1. The lowest BCUT2D eigenvalue weighted by atomic mass is 10.00. The number of likely N-dealkylation sites (N-methyl/N-ethyl adjacent to an activating group) is 1. The zero-order valence-corrected chi connectivity index (χ0v) is 22.7. The summed E-state index contributed by atoms with van der Waals surface area (Å²) < 4.78 is 41.9. The number of hydrogen-bond donors (Lipinski definition) is 0. The number of carbonyl (C=O) groups excluding carboxylic acids is 3. The van der Waals surface area contributed by atoms with Crippen molar-refractivity contribution in [2.45, 2.75) is 43.5 Å². The molecule has 0 aromatic heterocycles. The molecule has 214 valence electrons. The molecule has 5 rings (SSSR count). The molecule has 3 saturated heterocycles. The summed E-state index contributed by atoms with van der Waals surface area (Å²) >= 11 is 5.94. The molecule has 1 amide bonds. The molecule has 0 N–H and O–H groups in total. The number of amides is 1. The quantitative estimate of drug-likeness (QED) is 0.329. The fourth-order valence-corrected chi connectivity index (χ4v) is 5.37. The fourth-order valence-electron chi connectivity index (χ4n) is 5.24. The first-order valence-corrected chi connectivity index (χ1v) is 13.5. The van der Waals surface area contributed by atoms with Crippen LogP contribution < -0.4 is 4.74 Å². The van der Waals surface area contributed by atoms with Crippen molar-refractivity contribution in [3.05, 3.63) is 64.9 Å². The van der Waals surface area contributed by atoms with E-state index in [0.717, 1.165) is 5.56 Å². The van der Waals surface area contributed by atoms with E-state index >= 15 is 0 Å². The van der Waals surface area contributed by atoms with Gasteiger partial charge in [-0.2, -0.15) is 0 Å². The van der Waals surface area contributed by atoms with E-state index in [1.807, 2.05) is 4.90 Å². The molecular formula is C28H30ClFN2O8. The number of likely N-dealkylation sites (tertiary alicyclic amines) is 1. The molecule has 10 nitrogen and oxygen atoms in total. The van der Waals surface area contributed by atoms with Gasteiger partial charge in [-0.3, -0.25) is 14.6 Å². The van der Waals surface area contributed by atoms with Crippen LogP contribution in [0, 0.1) is 5.82 Å². The number of halogens is 2. The molecule has 3 fully saturated rings. The van der Waals surface area contributed by atoms with E-state index in [2.05, 4.69) is 0 Å². The summed E-state index contributed by atoms with van der Waals surface area (Å²) in [5.74, 6) is -5.28. The van der Waals surface area contributed by atoms with Crippen molar-refractivity contribution in [2.75, 3.05) is 39.9 Å². The molecule has 2 aromatic rings. The second kappa shape index (κ2) is 11.7. The molecule has 1 unspecified atom stereocenters. The van der Waals surface area contributed by atoms with Crippen LogP contribution in [0.4, 0.5) is 4.39 Å². The van der Waals surface area contributed by atoms with Crippen LogP contribution in [0.1, 0.15) is 31.2 Å². The van der Waals surface area contributed by atoms with Crippen LogP contribution in [0.2, 0.25) is 5.02 Å². The summed E-state index contributed by atoms with van der Waals surface area (Å²) in [5.41, 5.74) is 0.737. The average molecular weight is 577 g/mol. The fraction of sp³-hybridized carbons (Fsp3) is 0.464. The predicted molar refractivity (Wildman–Crippen MR) is 138 cm³/mol. The van der Waals surface area contributed by atoms with Crippen LogP contribution in [-0.4, -0.2) is 79.6 Å². The van der Waals surface area contributed by atoms with Gasteiger partial charge < -0.3 is 23.7 Å². The Hall–Kier alpha value is -3.25. The third-order valence-electron chi connectivity index (χ3n) is 7.15. The Bertz CT molecular complexity index is 1220. The van der Waals surface area contributed by atoms with Gasteiger partial charge in [0.15, 0.2) is 5.79 Å². The zero-order valence-electron chi connectivity index (χ0n) is 22.0. The lowest BCUT2D eigenvalue weighted by Gasteiger charge is -2.43. The Kier molecular flexibility index (Phi) is 8.27. The summed E-state index contributed by atoms with van der Waals surface area (Å²) in [6.45, 7) is 1.53. The van der Waals surface area contributed by atoms with E-state index in [-0.39, 0.29) is 31.2 Å². The number of hydrogen-bond acceptors (Lipinski definition) is 9. The summed E-state index contributed by atoms with van der Waals surface area (Å²) in [4.78, 5) is 40.5. The Balaban J connectivity index is 1.19. The SMILES string of the molecule is CN(CCCC1(c2ccc(F)cc2)OCCO1)CC(=O)N1CCC(Oc2ccc(Cl)cc2)CC12OC(=O)C(=O)O2. The van der Waals surface area contributed by atoms with Gasteiger partial charge in [-0.15, -0.1) is 0 Å². The van der Waals surface area contributed by atoms with Crippen molar-refractivity contribution >= 4 is 29.4 Å². The van der Waals surface area contributed by atoms with E-state index in [4.69, 9.17) is 35.3 Å². The lowest BCUT2D eigenvalue weighted by Crippen LogP contribution is -2.61. The molecule has 0 radical (unpaired) electrons. The van der Waals surface area contributed by atoms with Crippen molar-refractivity contribution < 1.29 is 42.5 Å². The first-order valence-electron chi connectivity index (χ1n) is 13.1. The van der Waals surface area contributed by atoms with E-state index in [9.17, 15) is 18.8 Å². The number of benzene rings is 2. The second-order valence-electron chi connectivity index (χ2n) is 10.0. The summed E-state index contributed by atoms with van der Waals surface area (Å²) in [6.07, 6.45) is 1.05. The zero-order chi connectivity index (χ0) is 28.3. The van der Waals surface area contributed by atoms with Gasteiger partial charge in [-0.05, 0) is 56.4 Å². The number of rotatable bonds is 9. The Morgan fingerprint density at radius 1 is 1.07 bits per heavy atom. The topological polar surface area (TPSA) is 104 Å². The molecule has 0 bridgehead atoms. The maximum atomic E-state index is 13.4. The molecular weight excluding hydrogens is 547 g/mol. The minimum Gasteiger partial charge on any atom is -0.490 e. The number of carbonyl (C=O) groups is 3. The van der Waals surface area contributed by atoms with Crippen molar-refractivity contribution in [3.63, 3.8) is 0 Å². The Labute approximate surface area is 235 Å². The van der Waals surface area contributed by atoms with Crippen LogP contribution in [0.15, 0.2) is 48.5 Å². The normalized spacial score (nSPS) is 21.5. The van der Waals surface area contributed by atoms with Crippen LogP contribution in [0.25, 0.3) is 0 Å². The van der Waals surface area contributed by atoms with Crippen molar-refractivity contribution in [1.82, 2.24) is 9.80 Å². The minimum atomic E-state index is -1.86. The van der Waals surface area contributed by atoms with Crippen molar-refractivity contribution in [2.24, 2.45) is 0 Å². The van der Waals surface area contributed by atoms with Gasteiger partial charge in [0.2, 0.25) is 5.91 Å². The van der Waals surface area contributed by atoms with E-state index in [1.165, 1.54) is 17.0 Å². The largest absolute Gasteiger partial charge is 0.490 e. The monoisotopic (exact) mass is 576 g/mol. The third-order valence-corrected chi connectivity index (χ3v) is 7.40. The van der Waals surface area contributed by atoms with Gasteiger partial charge in [0.25, 0.3) is 0 Å². The van der Waals surface area contributed by atoms with E-state index < -0.39 is 29.7 Å². The Morgan fingerprint density at radius 3 is 2.38 bits per heavy atom. The lowest BCUT2D eigenvalue weighted by molar-refractivity contribution is -0.267.